The molecule has 0 N–H and O–H groups in total. The molecule has 3 fully saturated rings. The molecule has 3 unspecified atom stereocenters. The van der Waals surface area contributed by atoms with Gasteiger partial charge in [-0.15, -0.1) is 0 Å². The summed E-state index contributed by atoms with van der Waals surface area (Å²) in [4.78, 5) is 29.7. The van der Waals surface area contributed by atoms with Gasteiger partial charge in [-0.25, -0.2) is 14.2 Å². The predicted octanol–water partition coefficient (Wildman–Crippen LogP) is 1.65. The third kappa shape index (κ3) is 1.46. The molecule has 6 nitrogen and oxygen atoms in total. The number of anilines is 1. The highest BCUT2D eigenvalue weighted by molar-refractivity contribution is 6.22. The van der Waals surface area contributed by atoms with Gasteiger partial charge in [0.2, 0.25) is 0 Å². The molecule has 3 atom stereocenters. The molecule has 3 aliphatic rings. The minimum Gasteiger partial charge on any atom is -0.267 e. The fourth-order valence-electron chi connectivity index (χ4n) is 4.44. The van der Waals surface area contributed by atoms with Crippen LogP contribution in [0.25, 0.3) is 10.8 Å². The number of urea groups is 1. The Labute approximate surface area is 138 Å². The third-order valence-corrected chi connectivity index (χ3v) is 5.64. The van der Waals surface area contributed by atoms with Crippen LogP contribution in [-0.2, 0) is 4.79 Å². The molecule has 118 valence electrons. The van der Waals surface area contributed by atoms with E-state index >= 15 is 0 Å². The van der Waals surface area contributed by atoms with Crippen molar-refractivity contribution in [2.45, 2.75) is 6.04 Å². The van der Waals surface area contributed by atoms with E-state index in [2.05, 4.69) is 11.0 Å². The number of amides is 3. The summed E-state index contributed by atoms with van der Waals surface area (Å²) in [6.45, 7) is 2.88. The molecule has 1 spiro atoms. The number of nitriles is 1. The number of hydrogen-bond donors (Lipinski definition) is 0. The standard InChI is InChI=1S/C18H15N4O2/c19-9-12-5-6-15(14-4-2-1-3-13(12)14)21-17(23)16-10-20-7-8-22(16,11-20)18(21)24/h1-6,16H,7-8,10-11H2/q+1. The van der Waals surface area contributed by atoms with Gasteiger partial charge < -0.3 is 0 Å². The summed E-state index contributed by atoms with van der Waals surface area (Å²) in [5.41, 5.74) is 1.15. The number of imide groups is 1. The lowest BCUT2D eigenvalue weighted by molar-refractivity contribution is -0.837. The molecule has 2 aromatic rings. The quantitative estimate of drug-likeness (QED) is 0.592. The highest BCUT2D eigenvalue weighted by Gasteiger charge is 2.68. The Morgan fingerprint density at radius 2 is 1.92 bits per heavy atom. The molecule has 0 radical (unpaired) electrons. The highest BCUT2D eigenvalue weighted by atomic mass is 16.2. The van der Waals surface area contributed by atoms with E-state index in [0.29, 0.717) is 31.0 Å². The molecule has 2 aromatic carbocycles. The highest BCUT2D eigenvalue weighted by Crippen LogP contribution is 2.41. The van der Waals surface area contributed by atoms with Crippen LogP contribution in [0.1, 0.15) is 5.56 Å². The van der Waals surface area contributed by atoms with E-state index in [4.69, 9.17) is 0 Å². The van der Waals surface area contributed by atoms with Crippen molar-refractivity contribution in [3.63, 3.8) is 0 Å². The van der Waals surface area contributed by atoms with Crippen molar-refractivity contribution in [2.24, 2.45) is 0 Å². The smallest absolute Gasteiger partial charge is 0.267 e. The van der Waals surface area contributed by atoms with E-state index in [0.717, 1.165) is 17.3 Å². The molecule has 5 rings (SSSR count). The van der Waals surface area contributed by atoms with Crippen molar-refractivity contribution in [1.29, 1.82) is 5.26 Å². The molecule has 2 bridgehead atoms. The van der Waals surface area contributed by atoms with Gasteiger partial charge in [-0.2, -0.15) is 10.2 Å². The summed E-state index contributed by atoms with van der Waals surface area (Å²) < 4.78 is 0.243. The normalized spacial score (nSPS) is 30.9. The SMILES string of the molecule is N#Cc1ccc(N2C(=O)C3CN4CC[N+]3(C4)C2=O)c2ccccc12. The topological polar surface area (TPSA) is 64.4 Å². The van der Waals surface area contributed by atoms with Gasteiger partial charge in [0.05, 0.1) is 30.4 Å². The monoisotopic (exact) mass is 319 g/mol. The minimum absolute atomic E-state index is 0.114. The largest absolute Gasteiger partial charge is 0.432 e. The van der Waals surface area contributed by atoms with Crippen molar-refractivity contribution in [2.75, 3.05) is 31.2 Å². The Hall–Kier alpha value is -2.75. The van der Waals surface area contributed by atoms with Gasteiger partial charge in [-0.1, -0.05) is 24.3 Å². The van der Waals surface area contributed by atoms with Crippen LogP contribution in [0.3, 0.4) is 0 Å². The lowest BCUT2D eigenvalue weighted by atomic mass is 10.0. The molecule has 3 aliphatic heterocycles. The number of fused-ring (bicyclic) bond motifs is 2. The first-order valence-corrected chi connectivity index (χ1v) is 8.05. The van der Waals surface area contributed by atoms with Crippen molar-refractivity contribution < 1.29 is 14.1 Å². The molecule has 3 heterocycles. The van der Waals surface area contributed by atoms with Crippen LogP contribution in [0.2, 0.25) is 0 Å². The van der Waals surface area contributed by atoms with Gasteiger partial charge in [0.15, 0.2) is 6.04 Å². The average Bonchev–Trinajstić information content (AvgIpc) is 3.26. The van der Waals surface area contributed by atoms with Crippen LogP contribution in [-0.4, -0.2) is 53.7 Å². The number of quaternary nitrogens is 1. The maximum atomic E-state index is 13.2. The lowest BCUT2D eigenvalue weighted by Crippen LogP contribution is -2.53. The number of hydrogen-bond acceptors (Lipinski definition) is 4. The molecule has 0 aromatic heterocycles. The maximum Gasteiger partial charge on any atom is 0.432 e. The first-order chi connectivity index (χ1) is 11.7. The van der Waals surface area contributed by atoms with E-state index < -0.39 is 0 Å². The van der Waals surface area contributed by atoms with Crippen molar-refractivity contribution in [3.05, 3.63) is 42.0 Å². The second kappa shape index (κ2) is 4.41. The summed E-state index contributed by atoms with van der Waals surface area (Å²) >= 11 is 0. The molecule has 6 heteroatoms. The Morgan fingerprint density at radius 1 is 1.12 bits per heavy atom. The first kappa shape index (κ1) is 13.7. The van der Waals surface area contributed by atoms with E-state index in [1.807, 2.05) is 24.3 Å². The number of nitrogens with zero attached hydrogens (tertiary/aromatic N) is 4. The zero-order chi connectivity index (χ0) is 16.5. The fourth-order valence-corrected chi connectivity index (χ4v) is 4.44. The zero-order valence-corrected chi connectivity index (χ0v) is 13.0. The van der Waals surface area contributed by atoms with E-state index in [-0.39, 0.29) is 22.5 Å². The zero-order valence-electron chi connectivity index (χ0n) is 13.0. The van der Waals surface area contributed by atoms with Crippen LogP contribution in [0.15, 0.2) is 36.4 Å². The first-order valence-electron chi connectivity index (χ1n) is 8.05. The van der Waals surface area contributed by atoms with Crippen LogP contribution in [0.4, 0.5) is 10.5 Å². The second-order valence-corrected chi connectivity index (χ2v) is 6.74. The summed E-state index contributed by atoms with van der Waals surface area (Å²) in [6, 6.07) is 12.6. The Morgan fingerprint density at radius 3 is 2.62 bits per heavy atom. The molecular weight excluding hydrogens is 304 g/mol. The van der Waals surface area contributed by atoms with Crippen LogP contribution in [0.5, 0.6) is 0 Å². The molecule has 0 saturated carbocycles. The molecule has 24 heavy (non-hydrogen) atoms. The second-order valence-electron chi connectivity index (χ2n) is 6.74. The molecule has 0 aliphatic carbocycles. The van der Waals surface area contributed by atoms with Gasteiger partial charge >= 0.3 is 6.03 Å². The van der Waals surface area contributed by atoms with E-state index in [1.54, 1.807) is 12.1 Å². The van der Waals surface area contributed by atoms with Gasteiger partial charge in [0.25, 0.3) is 5.91 Å². The summed E-state index contributed by atoms with van der Waals surface area (Å²) in [7, 11) is 0. The lowest BCUT2D eigenvalue weighted by Gasteiger charge is -2.25. The van der Waals surface area contributed by atoms with E-state index in [9.17, 15) is 14.9 Å². The van der Waals surface area contributed by atoms with Crippen LogP contribution in [0, 0.1) is 11.3 Å². The Balaban J connectivity index is 1.71. The minimum atomic E-state index is -0.277. The molecule has 3 saturated heterocycles. The number of carbonyl (C=O) groups is 2. The third-order valence-electron chi connectivity index (χ3n) is 5.64. The Kier molecular flexibility index (Phi) is 2.51. The van der Waals surface area contributed by atoms with Crippen LogP contribution < -0.4 is 4.90 Å². The van der Waals surface area contributed by atoms with Gasteiger partial charge in [0.1, 0.15) is 13.2 Å². The van der Waals surface area contributed by atoms with Gasteiger partial charge in [-0.05, 0) is 12.1 Å². The summed E-state index contributed by atoms with van der Waals surface area (Å²) in [5.74, 6) is -0.114. The van der Waals surface area contributed by atoms with Crippen molar-refractivity contribution in [1.82, 2.24) is 4.90 Å². The maximum absolute atomic E-state index is 13.2. The van der Waals surface area contributed by atoms with Crippen molar-refractivity contribution >= 4 is 28.4 Å². The van der Waals surface area contributed by atoms with Gasteiger partial charge in [-0.3, -0.25) is 4.79 Å². The predicted molar refractivity (Wildman–Crippen MR) is 86.9 cm³/mol. The average molecular weight is 319 g/mol. The number of rotatable bonds is 1. The summed E-state index contributed by atoms with van der Waals surface area (Å²) in [5, 5.41) is 10.8. The fraction of sp³-hybridized carbons (Fsp3) is 0.278. The van der Waals surface area contributed by atoms with Gasteiger partial charge in [0, 0.05) is 10.8 Å². The number of benzene rings is 2. The number of piperazine rings is 1. The van der Waals surface area contributed by atoms with Crippen LogP contribution >= 0.6 is 0 Å². The molecular formula is C18H15N4O2+. The summed E-state index contributed by atoms with van der Waals surface area (Å²) in [6.07, 6.45) is 0. The Bertz CT molecular complexity index is 963. The van der Waals surface area contributed by atoms with Crippen molar-refractivity contribution in [3.8, 4) is 6.07 Å². The molecule has 3 amide bonds. The number of carbonyl (C=O) groups excluding carboxylic acids is 2. The van der Waals surface area contributed by atoms with E-state index in [1.165, 1.54) is 4.90 Å².